The lowest BCUT2D eigenvalue weighted by Gasteiger charge is -2.03. The van der Waals surface area contributed by atoms with E-state index in [2.05, 4.69) is 0 Å². The van der Waals surface area contributed by atoms with Gasteiger partial charge in [-0.2, -0.15) is 0 Å². The maximum absolute atomic E-state index is 12.6. The molecule has 0 heterocycles. The second-order valence-corrected chi connectivity index (χ2v) is 3.74. The molecule has 0 spiro atoms. The van der Waals surface area contributed by atoms with Gasteiger partial charge in [0.1, 0.15) is 12.4 Å². The molecule has 0 saturated carbocycles. The number of ether oxygens (including phenoxy) is 2. The fourth-order valence-electron chi connectivity index (χ4n) is 1.37. The smallest absolute Gasteiger partial charge is 0.162 e. The lowest BCUT2D eigenvalue weighted by Crippen LogP contribution is -2.12. The van der Waals surface area contributed by atoms with Gasteiger partial charge in [0, 0.05) is 26.7 Å². The van der Waals surface area contributed by atoms with Gasteiger partial charge in [0.05, 0.1) is 0 Å². The average Bonchev–Trinajstić information content (AvgIpc) is 2.32. The first kappa shape index (κ1) is 13.8. The number of carbonyl (C=O) groups excluding carboxylic acids is 1. The molecule has 3 nitrogen and oxygen atoms in total. The van der Waals surface area contributed by atoms with Gasteiger partial charge in [-0.05, 0) is 24.1 Å². The van der Waals surface area contributed by atoms with E-state index in [1.807, 2.05) is 0 Å². The Morgan fingerprint density at radius 2 is 1.94 bits per heavy atom. The number of Topliss-reactive ketones (excluding diaryl/α,β-unsaturated/α-hetero) is 1. The summed E-state index contributed by atoms with van der Waals surface area (Å²) in [5, 5.41) is 0. The molecule has 0 radical (unpaired) electrons. The summed E-state index contributed by atoms with van der Waals surface area (Å²) < 4.78 is 22.7. The number of carbonyl (C=O) groups is 1. The van der Waals surface area contributed by atoms with E-state index in [-0.39, 0.29) is 24.6 Å². The summed E-state index contributed by atoms with van der Waals surface area (Å²) in [5.74, 6) is -0.300. The number of ketones is 1. The number of hydrogen-bond donors (Lipinski definition) is 0. The highest BCUT2D eigenvalue weighted by Crippen LogP contribution is 2.04. The van der Waals surface area contributed by atoms with Gasteiger partial charge in [-0.1, -0.05) is 12.1 Å². The third-order valence-electron chi connectivity index (χ3n) is 2.21. The third kappa shape index (κ3) is 6.14. The summed E-state index contributed by atoms with van der Waals surface area (Å²) in [6, 6.07) is 5.92. The van der Waals surface area contributed by atoms with Crippen molar-refractivity contribution >= 4 is 5.78 Å². The second kappa shape index (κ2) is 7.92. The number of rotatable bonds is 8. The van der Waals surface area contributed by atoms with Gasteiger partial charge in [-0.15, -0.1) is 0 Å². The van der Waals surface area contributed by atoms with Crippen molar-refractivity contribution in [2.24, 2.45) is 0 Å². The van der Waals surface area contributed by atoms with Gasteiger partial charge in [0.25, 0.3) is 0 Å². The van der Waals surface area contributed by atoms with Crippen LogP contribution in [0.4, 0.5) is 4.39 Å². The van der Waals surface area contributed by atoms with E-state index in [0.29, 0.717) is 13.2 Å². The predicted molar refractivity (Wildman–Crippen MR) is 62.4 cm³/mol. The lowest BCUT2D eigenvalue weighted by atomic mass is 10.1. The fraction of sp³-hybridized carbons (Fsp3) is 0.462. The molecule has 17 heavy (non-hydrogen) atoms. The van der Waals surface area contributed by atoms with Crippen molar-refractivity contribution in [3.63, 3.8) is 0 Å². The minimum absolute atomic E-state index is 0.00553. The maximum Gasteiger partial charge on any atom is 0.162 e. The third-order valence-corrected chi connectivity index (χ3v) is 2.21. The molecule has 0 atom stereocenters. The van der Waals surface area contributed by atoms with Gasteiger partial charge >= 0.3 is 0 Å². The molecule has 0 N–H and O–H groups in total. The first-order valence-electron chi connectivity index (χ1n) is 5.55. The molecule has 0 aromatic heterocycles. The molecule has 94 valence electrons. The van der Waals surface area contributed by atoms with Crippen LogP contribution in [0.3, 0.4) is 0 Å². The number of benzene rings is 1. The zero-order valence-corrected chi connectivity index (χ0v) is 9.95. The zero-order valence-electron chi connectivity index (χ0n) is 9.95. The van der Waals surface area contributed by atoms with Gasteiger partial charge in [0.2, 0.25) is 0 Å². The summed E-state index contributed by atoms with van der Waals surface area (Å²) in [6.07, 6.45) is 1.06. The van der Waals surface area contributed by atoms with Gasteiger partial charge in [-0.25, -0.2) is 4.39 Å². The van der Waals surface area contributed by atoms with Crippen molar-refractivity contribution in [2.45, 2.75) is 12.8 Å². The molecule has 1 rings (SSSR count). The van der Waals surface area contributed by atoms with E-state index in [0.717, 1.165) is 12.0 Å². The van der Waals surface area contributed by atoms with E-state index in [1.54, 1.807) is 19.2 Å². The molecule has 0 unspecified atom stereocenters. The average molecular weight is 240 g/mol. The molecule has 0 aliphatic heterocycles. The lowest BCUT2D eigenvalue weighted by molar-refractivity contribution is -0.123. The van der Waals surface area contributed by atoms with Gasteiger partial charge in [0.15, 0.2) is 5.78 Å². The van der Waals surface area contributed by atoms with Crippen molar-refractivity contribution in [1.82, 2.24) is 0 Å². The molecule has 0 aliphatic carbocycles. The highest BCUT2D eigenvalue weighted by Gasteiger charge is 2.04. The van der Waals surface area contributed by atoms with Crippen LogP contribution >= 0.6 is 0 Å². The largest absolute Gasteiger partial charge is 0.385 e. The van der Waals surface area contributed by atoms with Crippen LogP contribution < -0.4 is 0 Å². The van der Waals surface area contributed by atoms with E-state index in [4.69, 9.17) is 9.47 Å². The molecule has 0 fully saturated rings. The first-order chi connectivity index (χ1) is 8.22. The molecule has 0 aliphatic rings. The van der Waals surface area contributed by atoms with E-state index in [1.165, 1.54) is 12.1 Å². The monoisotopic (exact) mass is 240 g/mol. The molecule has 1 aromatic carbocycles. The Hall–Kier alpha value is -1.26. The van der Waals surface area contributed by atoms with Gasteiger partial charge in [-0.3, -0.25) is 4.79 Å². The summed E-state index contributed by atoms with van der Waals surface area (Å²) >= 11 is 0. The van der Waals surface area contributed by atoms with Crippen molar-refractivity contribution in [3.05, 3.63) is 35.6 Å². The quantitative estimate of drug-likeness (QED) is 0.652. The Kier molecular flexibility index (Phi) is 6.43. The van der Waals surface area contributed by atoms with Crippen LogP contribution in [0, 0.1) is 5.82 Å². The maximum atomic E-state index is 12.6. The fourth-order valence-corrected chi connectivity index (χ4v) is 1.37. The number of hydrogen-bond acceptors (Lipinski definition) is 3. The van der Waals surface area contributed by atoms with Crippen molar-refractivity contribution in [2.75, 3.05) is 26.9 Å². The molecule has 0 amide bonds. The van der Waals surface area contributed by atoms with Crippen LogP contribution in [0.15, 0.2) is 24.3 Å². The van der Waals surface area contributed by atoms with Crippen LogP contribution in [0.2, 0.25) is 0 Å². The zero-order chi connectivity index (χ0) is 12.5. The van der Waals surface area contributed by atoms with Crippen LogP contribution in [0.1, 0.15) is 12.0 Å². The Balaban J connectivity index is 2.18. The van der Waals surface area contributed by atoms with Crippen LogP contribution in [-0.2, 0) is 20.7 Å². The number of methoxy groups -OCH3 is 1. The molecular formula is C13H17FO3. The highest BCUT2D eigenvalue weighted by atomic mass is 19.1. The Labute approximate surface area is 101 Å². The highest BCUT2D eigenvalue weighted by molar-refractivity contribution is 5.82. The Morgan fingerprint density at radius 3 is 2.59 bits per heavy atom. The van der Waals surface area contributed by atoms with E-state index < -0.39 is 0 Å². The SMILES string of the molecule is COCCCOCC(=O)Cc1ccc(F)cc1. The molecule has 0 bridgehead atoms. The summed E-state index contributed by atoms with van der Waals surface area (Å²) in [7, 11) is 1.62. The molecular weight excluding hydrogens is 223 g/mol. The van der Waals surface area contributed by atoms with Crippen LogP contribution in [0.25, 0.3) is 0 Å². The van der Waals surface area contributed by atoms with Crippen molar-refractivity contribution in [1.29, 1.82) is 0 Å². The minimum atomic E-state index is -0.294. The minimum Gasteiger partial charge on any atom is -0.385 e. The van der Waals surface area contributed by atoms with Crippen LogP contribution in [0.5, 0.6) is 0 Å². The van der Waals surface area contributed by atoms with Gasteiger partial charge < -0.3 is 9.47 Å². The van der Waals surface area contributed by atoms with E-state index >= 15 is 0 Å². The number of halogens is 1. The summed E-state index contributed by atoms with van der Waals surface area (Å²) in [5.41, 5.74) is 0.803. The summed E-state index contributed by atoms with van der Waals surface area (Å²) in [6.45, 7) is 1.25. The summed E-state index contributed by atoms with van der Waals surface area (Å²) in [4.78, 5) is 11.5. The van der Waals surface area contributed by atoms with Crippen LogP contribution in [-0.4, -0.2) is 32.7 Å². The molecule has 0 saturated heterocycles. The first-order valence-corrected chi connectivity index (χ1v) is 5.55. The van der Waals surface area contributed by atoms with Crippen molar-refractivity contribution < 1.29 is 18.7 Å². The topological polar surface area (TPSA) is 35.5 Å². The molecule has 4 heteroatoms. The Bertz CT molecular complexity index is 335. The Morgan fingerprint density at radius 1 is 1.24 bits per heavy atom. The second-order valence-electron chi connectivity index (χ2n) is 3.74. The normalized spacial score (nSPS) is 10.5. The standard InChI is InChI=1S/C13H17FO3/c1-16-7-2-8-17-10-13(15)9-11-3-5-12(14)6-4-11/h3-6H,2,7-10H2,1H3. The predicted octanol–water partition coefficient (Wildman–Crippen LogP) is 1.99. The van der Waals surface area contributed by atoms with Crippen molar-refractivity contribution in [3.8, 4) is 0 Å². The van der Waals surface area contributed by atoms with E-state index in [9.17, 15) is 9.18 Å². The molecule has 1 aromatic rings.